The van der Waals surface area contributed by atoms with Gasteiger partial charge in [-0.2, -0.15) is 0 Å². The third kappa shape index (κ3) is 9.19. The van der Waals surface area contributed by atoms with Gasteiger partial charge < -0.3 is 29.2 Å². The molecule has 16 heteroatoms. The average molecular weight is 933 g/mol. The van der Waals surface area contributed by atoms with Crippen LogP contribution >= 0.6 is 0 Å². The van der Waals surface area contributed by atoms with E-state index in [0.717, 1.165) is 68.5 Å². The third-order valence-corrected chi connectivity index (χ3v) is 16.6. The minimum Gasteiger partial charge on any atom is -0.486 e. The number of benzene rings is 3. The van der Waals surface area contributed by atoms with Gasteiger partial charge in [-0.3, -0.25) is 19.8 Å². The van der Waals surface area contributed by atoms with Crippen LogP contribution < -0.4 is 23.8 Å². The van der Waals surface area contributed by atoms with Gasteiger partial charge >= 0.3 is 5.69 Å². The quantitative estimate of drug-likeness (QED) is 0.0795. The molecule has 0 bridgehead atoms. The molecule has 3 aromatic carbocycles. The highest BCUT2D eigenvalue weighted by molar-refractivity contribution is 7.90. The fraction of sp³-hybridized carbons (Fsp3) is 0.490. The normalized spacial score (nSPS) is 24.2. The molecule has 5 aromatic rings. The standard InChI is InChI=1S/C51H60N6O9S/c1-32(2)40-7-4-5-8-41(40)43-9-6-20-56(43)36-28-51(29-36)17-21-55(22-18-51)35-10-11-42(45(25-35)65-37-24-34-14-19-52-48(34)53-30-37)49(58)54-67(62,63)39-26-44(57(60)61)47-46(27-39)64-31-38(66-47)23-33-12-15-50(3,59)16-13-33/h4-5,7-8,10-11,14,19,24-27,30,32-33,36,38,43,59H,6,9,12-13,15-18,20-23,28-29,31H2,1-3H3,(H,52,53)(H,54,58)/t33?,38-,43-,50?/m1/s1. The van der Waals surface area contributed by atoms with Crippen LogP contribution in [0.4, 0.5) is 11.4 Å². The van der Waals surface area contributed by atoms with Crippen molar-refractivity contribution in [1.82, 2.24) is 19.6 Å². The molecule has 1 amide bonds. The second-order valence-corrected chi connectivity index (χ2v) is 22.0. The van der Waals surface area contributed by atoms with Gasteiger partial charge in [-0.05, 0) is 137 Å². The van der Waals surface area contributed by atoms with Gasteiger partial charge in [0.15, 0.2) is 5.75 Å². The molecule has 67 heavy (non-hydrogen) atoms. The number of nitrogens with zero attached hydrogens (tertiary/aromatic N) is 4. The summed E-state index contributed by atoms with van der Waals surface area (Å²) in [5.74, 6) is -0.00447. The summed E-state index contributed by atoms with van der Waals surface area (Å²) in [7, 11) is -4.68. The first-order chi connectivity index (χ1) is 32.1. The molecule has 0 unspecified atom stereocenters. The van der Waals surface area contributed by atoms with Crippen molar-refractivity contribution < 1.29 is 37.5 Å². The minimum atomic E-state index is -4.68. The number of aromatic amines is 1. The van der Waals surface area contributed by atoms with Gasteiger partial charge in [0.05, 0.1) is 27.2 Å². The number of sulfonamides is 1. The van der Waals surface area contributed by atoms with Gasteiger partial charge in [-0.25, -0.2) is 18.1 Å². The van der Waals surface area contributed by atoms with Crippen molar-refractivity contribution in [3.8, 4) is 23.0 Å². The van der Waals surface area contributed by atoms with Gasteiger partial charge in [-0.15, -0.1) is 0 Å². The third-order valence-electron chi connectivity index (χ3n) is 15.3. The van der Waals surface area contributed by atoms with E-state index < -0.39 is 43.1 Å². The second kappa shape index (κ2) is 17.7. The van der Waals surface area contributed by atoms with Crippen molar-refractivity contribution in [2.24, 2.45) is 11.3 Å². The molecule has 3 aliphatic heterocycles. The number of likely N-dealkylation sites (tertiary alicyclic amines) is 1. The van der Waals surface area contributed by atoms with Gasteiger partial charge in [0.25, 0.3) is 15.9 Å². The van der Waals surface area contributed by atoms with E-state index in [2.05, 4.69) is 62.6 Å². The average Bonchev–Trinajstić information content (AvgIpc) is 3.98. The molecular weight excluding hydrogens is 873 g/mol. The minimum absolute atomic E-state index is 0.0462. The Hall–Kier alpha value is -5.71. The van der Waals surface area contributed by atoms with E-state index in [0.29, 0.717) is 54.1 Å². The summed E-state index contributed by atoms with van der Waals surface area (Å²) in [5.41, 5.74) is 3.41. The Balaban J connectivity index is 0.845. The molecule has 1 spiro atoms. The molecule has 2 aromatic heterocycles. The zero-order valence-electron chi connectivity index (χ0n) is 38.4. The number of anilines is 1. The largest absolute Gasteiger partial charge is 0.486 e. The van der Waals surface area contributed by atoms with Crippen LogP contribution in [0.25, 0.3) is 11.0 Å². The molecule has 15 nitrogen and oxygen atoms in total. The Morgan fingerprint density at radius 3 is 2.57 bits per heavy atom. The second-order valence-electron chi connectivity index (χ2n) is 20.3. The Kier molecular flexibility index (Phi) is 11.9. The number of rotatable bonds is 12. The highest BCUT2D eigenvalue weighted by Gasteiger charge is 2.50. The van der Waals surface area contributed by atoms with Crippen LogP contribution in [0.3, 0.4) is 0 Å². The number of nitrogens with one attached hydrogen (secondary N) is 2. The number of amides is 1. The first-order valence-electron chi connectivity index (χ1n) is 23.9. The summed E-state index contributed by atoms with van der Waals surface area (Å²) in [4.78, 5) is 37.8. The van der Waals surface area contributed by atoms with Gasteiger partial charge in [0.1, 0.15) is 29.9 Å². The van der Waals surface area contributed by atoms with Crippen LogP contribution in [0.2, 0.25) is 0 Å². The molecule has 2 saturated carbocycles. The Bertz CT molecular complexity index is 2780. The van der Waals surface area contributed by atoms with Crippen molar-refractivity contribution in [3.05, 3.63) is 106 Å². The molecule has 354 valence electrons. The van der Waals surface area contributed by atoms with Crippen LogP contribution in [-0.2, 0) is 10.0 Å². The maximum absolute atomic E-state index is 14.1. The number of hydrogen-bond acceptors (Lipinski definition) is 12. The molecule has 5 heterocycles. The Morgan fingerprint density at radius 1 is 1.03 bits per heavy atom. The first-order valence-corrected chi connectivity index (χ1v) is 25.4. The summed E-state index contributed by atoms with van der Waals surface area (Å²) in [5, 5.41) is 23.5. The highest BCUT2D eigenvalue weighted by atomic mass is 32.2. The zero-order valence-corrected chi connectivity index (χ0v) is 39.2. The van der Waals surface area contributed by atoms with E-state index in [1.54, 1.807) is 24.4 Å². The topological polar surface area (TPSA) is 189 Å². The molecule has 0 radical (unpaired) electrons. The van der Waals surface area contributed by atoms with Crippen molar-refractivity contribution >= 4 is 38.3 Å². The zero-order chi connectivity index (χ0) is 46.7. The lowest BCUT2D eigenvalue weighted by atomic mass is 9.59. The predicted molar refractivity (Wildman–Crippen MR) is 254 cm³/mol. The Labute approximate surface area is 391 Å². The number of fused-ring (bicyclic) bond motifs is 2. The summed E-state index contributed by atoms with van der Waals surface area (Å²) in [6.07, 6.45) is 13.2. The van der Waals surface area contributed by atoms with Gasteiger partial charge in [-0.1, -0.05) is 38.1 Å². The molecule has 2 saturated heterocycles. The molecule has 3 N–H and O–H groups in total. The lowest BCUT2D eigenvalue weighted by Gasteiger charge is -2.56. The summed E-state index contributed by atoms with van der Waals surface area (Å²) in [6, 6.07) is 20.8. The van der Waals surface area contributed by atoms with Crippen LogP contribution in [-0.4, -0.2) is 83.2 Å². The summed E-state index contributed by atoms with van der Waals surface area (Å²) < 4.78 is 48.4. The fourth-order valence-corrected chi connectivity index (χ4v) is 12.5. The lowest BCUT2D eigenvalue weighted by molar-refractivity contribution is -0.386. The summed E-state index contributed by atoms with van der Waals surface area (Å²) >= 11 is 0. The van der Waals surface area contributed by atoms with Crippen molar-refractivity contribution in [2.75, 3.05) is 31.1 Å². The maximum Gasteiger partial charge on any atom is 0.316 e. The number of hydrogen-bond donors (Lipinski definition) is 3. The summed E-state index contributed by atoms with van der Waals surface area (Å²) in [6.45, 7) is 9.26. The molecule has 2 aliphatic carbocycles. The molecule has 5 aliphatic rings. The van der Waals surface area contributed by atoms with E-state index in [4.69, 9.17) is 14.2 Å². The number of pyridine rings is 1. The number of carbonyl (C=O) groups excluding carboxylic acids is 1. The predicted octanol–water partition coefficient (Wildman–Crippen LogP) is 9.56. The van der Waals surface area contributed by atoms with Crippen LogP contribution in [0, 0.1) is 21.4 Å². The van der Waals surface area contributed by atoms with Gasteiger partial charge in [0.2, 0.25) is 5.75 Å². The smallest absolute Gasteiger partial charge is 0.316 e. The highest BCUT2D eigenvalue weighted by Crippen LogP contribution is 2.54. The molecular formula is C51H60N6O9S. The number of piperidine rings is 1. The number of carbonyl (C=O) groups is 1. The number of nitro benzene ring substituents is 1. The van der Waals surface area contributed by atoms with E-state index in [9.17, 15) is 28.4 Å². The van der Waals surface area contributed by atoms with Crippen molar-refractivity contribution in [3.63, 3.8) is 0 Å². The SMILES string of the molecule is CC(C)c1ccccc1[C@H]1CCCN1C1CC2(CCN(c3ccc(C(=O)NS(=O)(=O)c4cc5c(c([N+](=O)[O-])c4)O[C@H](CC4CCC(C)(O)CC4)CO5)c(Oc4cnc5[nH]ccc5c4)c3)CC2)C1. The van der Waals surface area contributed by atoms with Crippen LogP contribution in [0.5, 0.6) is 23.0 Å². The first kappa shape index (κ1) is 45.1. The van der Waals surface area contributed by atoms with E-state index in [1.165, 1.54) is 43.0 Å². The molecule has 2 atom stereocenters. The van der Waals surface area contributed by atoms with Crippen molar-refractivity contribution in [2.45, 2.75) is 126 Å². The van der Waals surface area contributed by atoms with Crippen LogP contribution in [0.15, 0.2) is 84.0 Å². The molecule has 10 rings (SSSR count). The van der Waals surface area contributed by atoms with Crippen molar-refractivity contribution in [1.29, 1.82) is 0 Å². The van der Waals surface area contributed by atoms with Crippen LogP contribution in [0.1, 0.15) is 125 Å². The van der Waals surface area contributed by atoms with E-state index in [1.807, 2.05) is 19.1 Å². The Morgan fingerprint density at radius 2 is 1.81 bits per heavy atom. The van der Waals surface area contributed by atoms with Gasteiger partial charge in [0, 0.05) is 60.6 Å². The fourth-order valence-electron chi connectivity index (χ4n) is 11.5. The number of aromatic nitrogens is 2. The lowest BCUT2D eigenvalue weighted by Crippen LogP contribution is -2.54. The van der Waals surface area contributed by atoms with E-state index in [-0.39, 0.29) is 35.3 Å². The number of H-pyrrole nitrogens is 1. The molecule has 4 fully saturated rings. The monoisotopic (exact) mass is 932 g/mol. The number of ether oxygens (including phenoxy) is 3. The number of aliphatic hydroxyl groups is 1. The maximum atomic E-state index is 14.1. The number of nitro groups is 1. The van der Waals surface area contributed by atoms with E-state index >= 15 is 0 Å².